The van der Waals surface area contributed by atoms with Crippen molar-refractivity contribution in [3.8, 4) is 0 Å². The van der Waals surface area contributed by atoms with Crippen LogP contribution in [0.15, 0.2) is 47.4 Å². The quantitative estimate of drug-likeness (QED) is 0.350. The predicted octanol–water partition coefficient (Wildman–Crippen LogP) is 4.21. The van der Waals surface area contributed by atoms with Gasteiger partial charge in [-0.1, -0.05) is 11.3 Å². The van der Waals surface area contributed by atoms with Gasteiger partial charge in [-0.25, -0.2) is 9.78 Å². The number of halogens is 1. The Morgan fingerprint density at radius 2 is 1.85 bits per heavy atom. The SMILES string of the molecule is COC(=O)c1ccc(C(=O)N(CCN2CCOCC2)c2nc3ccc(SC)cc3s2)cc1.Cl. The summed E-state index contributed by atoms with van der Waals surface area (Å²) in [5.74, 6) is -0.567. The maximum Gasteiger partial charge on any atom is 0.337 e. The highest BCUT2D eigenvalue weighted by Crippen LogP contribution is 2.32. The van der Waals surface area contributed by atoms with Gasteiger partial charge in [-0.05, 0) is 48.7 Å². The lowest BCUT2D eigenvalue weighted by Crippen LogP contribution is -2.43. The van der Waals surface area contributed by atoms with E-state index in [1.54, 1.807) is 40.9 Å². The number of morpholine rings is 1. The number of carbonyl (C=O) groups excluding carboxylic acids is 2. The van der Waals surface area contributed by atoms with E-state index in [-0.39, 0.29) is 18.3 Å². The van der Waals surface area contributed by atoms with Crippen LogP contribution in [0, 0.1) is 0 Å². The molecule has 0 radical (unpaired) electrons. The molecule has 0 saturated carbocycles. The lowest BCUT2D eigenvalue weighted by Gasteiger charge is -2.29. The number of fused-ring (bicyclic) bond motifs is 1. The Labute approximate surface area is 207 Å². The third-order valence-electron chi connectivity index (χ3n) is 5.36. The zero-order valence-corrected chi connectivity index (χ0v) is 20.9. The molecule has 0 unspecified atom stereocenters. The standard InChI is InChI=1S/C23H25N3O4S2.ClH/c1-29-22(28)17-5-3-16(4-6-17)21(27)26(10-9-25-11-13-30-14-12-25)23-24-19-8-7-18(31-2)15-20(19)32-23;/h3-8,15H,9-14H2,1-2H3;1H. The molecule has 176 valence electrons. The summed E-state index contributed by atoms with van der Waals surface area (Å²) in [6, 6.07) is 12.7. The van der Waals surface area contributed by atoms with Crippen LogP contribution in [0.5, 0.6) is 0 Å². The molecule has 1 saturated heterocycles. The second kappa shape index (κ2) is 11.8. The number of aromatic nitrogens is 1. The van der Waals surface area contributed by atoms with Gasteiger partial charge in [-0.15, -0.1) is 24.2 Å². The molecule has 1 aliphatic heterocycles. The minimum atomic E-state index is -0.427. The summed E-state index contributed by atoms with van der Waals surface area (Å²) in [5.41, 5.74) is 1.80. The molecule has 0 bridgehead atoms. The number of ether oxygens (including phenoxy) is 2. The van der Waals surface area contributed by atoms with E-state index in [1.165, 1.54) is 18.4 Å². The number of rotatable bonds is 7. The van der Waals surface area contributed by atoms with Crippen molar-refractivity contribution in [2.24, 2.45) is 0 Å². The Morgan fingerprint density at radius 1 is 1.15 bits per heavy atom. The number of amides is 1. The summed E-state index contributed by atoms with van der Waals surface area (Å²) in [6.45, 7) is 4.39. The largest absolute Gasteiger partial charge is 0.465 e. The fourth-order valence-electron chi connectivity index (χ4n) is 3.51. The van der Waals surface area contributed by atoms with Crippen molar-refractivity contribution in [1.82, 2.24) is 9.88 Å². The summed E-state index contributed by atoms with van der Waals surface area (Å²) < 4.78 is 11.2. The molecule has 2 aromatic carbocycles. The molecular weight excluding hydrogens is 482 g/mol. The van der Waals surface area contributed by atoms with Gasteiger partial charge in [0, 0.05) is 36.6 Å². The highest BCUT2D eigenvalue weighted by molar-refractivity contribution is 7.98. The summed E-state index contributed by atoms with van der Waals surface area (Å²) in [5, 5.41) is 0.675. The number of anilines is 1. The average Bonchev–Trinajstić information content (AvgIpc) is 3.27. The maximum absolute atomic E-state index is 13.5. The molecular formula is C23H26ClN3O4S2. The molecule has 1 aliphatic rings. The lowest BCUT2D eigenvalue weighted by molar-refractivity contribution is 0.0391. The van der Waals surface area contributed by atoms with Gasteiger partial charge in [-0.2, -0.15) is 0 Å². The molecule has 0 aliphatic carbocycles. The van der Waals surface area contributed by atoms with Crippen LogP contribution >= 0.6 is 35.5 Å². The van der Waals surface area contributed by atoms with E-state index in [4.69, 9.17) is 14.5 Å². The fourth-order valence-corrected chi connectivity index (χ4v) is 5.05. The van der Waals surface area contributed by atoms with Crippen LogP contribution in [0.2, 0.25) is 0 Å². The Kier molecular flexibility index (Phi) is 9.10. The van der Waals surface area contributed by atoms with Crippen molar-refractivity contribution in [3.63, 3.8) is 0 Å². The van der Waals surface area contributed by atoms with Crippen LogP contribution in [0.25, 0.3) is 10.2 Å². The number of nitrogens with zero attached hydrogens (tertiary/aromatic N) is 3. The maximum atomic E-state index is 13.5. The summed E-state index contributed by atoms with van der Waals surface area (Å²) >= 11 is 3.20. The third-order valence-corrected chi connectivity index (χ3v) is 7.12. The van der Waals surface area contributed by atoms with Gasteiger partial charge in [0.05, 0.1) is 36.1 Å². The minimum absolute atomic E-state index is 0. The van der Waals surface area contributed by atoms with E-state index in [0.29, 0.717) is 36.0 Å². The number of benzene rings is 2. The molecule has 0 N–H and O–H groups in total. The Morgan fingerprint density at radius 3 is 2.52 bits per heavy atom. The second-order valence-corrected chi connectivity index (χ2v) is 9.20. The van der Waals surface area contributed by atoms with Crippen molar-refractivity contribution in [1.29, 1.82) is 0 Å². The Bertz CT molecular complexity index is 1100. The second-order valence-electron chi connectivity index (χ2n) is 7.31. The van der Waals surface area contributed by atoms with Crippen molar-refractivity contribution in [3.05, 3.63) is 53.6 Å². The van der Waals surface area contributed by atoms with Crippen LogP contribution in [-0.4, -0.2) is 74.5 Å². The van der Waals surface area contributed by atoms with Gasteiger partial charge < -0.3 is 9.47 Å². The molecule has 10 heteroatoms. The van der Waals surface area contributed by atoms with Gasteiger partial charge in [0.15, 0.2) is 5.13 Å². The molecule has 3 aromatic rings. The monoisotopic (exact) mass is 507 g/mol. The van der Waals surface area contributed by atoms with E-state index in [1.807, 2.05) is 18.4 Å². The number of thioether (sulfide) groups is 1. The van der Waals surface area contributed by atoms with E-state index in [9.17, 15) is 9.59 Å². The topological polar surface area (TPSA) is 72.0 Å². The third kappa shape index (κ3) is 6.04. The molecule has 33 heavy (non-hydrogen) atoms. The average molecular weight is 508 g/mol. The minimum Gasteiger partial charge on any atom is -0.465 e. The molecule has 1 aromatic heterocycles. The van der Waals surface area contributed by atoms with Gasteiger partial charge in [-0.3, -0.25) is 14.6 Å². The van der Waals surface area contributed by atoms with Crippen LogP contribution in [0.1, 0.15) is 20.7 Å². The molecule has 1 fully saturated rings. The van der Waals surface area contributed by atoms with E-state index in [0.717, 1.165) is 34.7 Å². The molecule has 1 amide bonds. The van der Waals surface area contributed by atoms with Crippen molar-refractivity contribution in [2.75, 3.05) is 57.7 Å². The summed E-state index contributed by atoms with van der Waals surface area (Å²) in [6.07, 6.45) is 2.04. The summed E-state index contributed by atoms with van der Waals surface area (Å²) in [7, 11) is 1.34. The molecule has 2 heterocycles. The Hall–Kier alpha value is -2.17. The molecule has 7 nitrogen and oxygen atoms in total. The smallest absolute Gasteiger partial charge is 0.337 e. The van der Waals surface area contributed by atoms with Crippen molar-refractivity contribution < 1.29 is 19.1 Å². The first kappa shape index (κ1) is 25.5. The highest BCUT2D eigenvalue weighted by Gasteiger charge is 2.23. The molecule has 0 spiro atoms. The van der Waals surface area contributed by atoms with E-state index >= 15 is 0 Å². The normalized spacial score (nSPS) is 14.0. The first-order valence-electron chi connectivity index (χ1n) is 10.3. The van der Waals surface area contributed by atoms with E-state index in [2.05, 4.69) is 11.0 Å². The molecule has 0 atom stereocenters. The van der Waals surface area contributed by atoms with Crippen LogP contribution in [0.3, 0.4) is 0 Å². The fraction of sp³-hybridized carbons (Fsp3) is 0.348. The van der Waals surface area contributed by atoms with Crippen molar-refractivity contribution >= 4 is 62.7 Å². The first-order valence-corrected chi connectivity index (χ1v) is 12.4. The number of carbonyl (C=O) groups is 2. The van der Waals surface area contributed by atoms with Gasteiger partial charge in [0.25, 0.3) is 5.91 Å². The van der Waals surface area contributed by atoms with Gasteiger partial charge >= 0.3 is 5.97 Å². The number of hydrogen-bond donors (Lipinski definition) is 0. The van der Waals surface area contributed by atoms with Crippen LogP contribution < -0.4 is 4.90 Å². The Balaban J connectivity index is 0.00000306. The van der Waals surface area contributed by atoms with Gasteiger partial charge in [0.1, 0.15) is 0 Å². The number of thiazole rings is 1. The zero-order chi connectivity index (χ0) is 22.5. The summed E-state index contributed by atoms with van der Waals surface area (Å²) in [4.78, 5) is 35.2. The lowest BCUT2D eigenvalue weighted by atomic mass is 10.1. The first-order chi connectivity index (χ1) is 15.6. The number of methoxy groups -OCH3 is 1. The highest BCUT2D eigenvalue weighted by atomic mass is 35.5. The molecule has 4 rings (SSSR count). The zero-order valence-electron chi connectivity index (χ0n) is 18.5. The van der Waals surface area contributed by atoms with Crippen LogP contribution in [0.4, 0.5) is 5.13 Å². The van der Waals surface area contributed by atoms with Crippen LogP contribution in [-0.2, 0) is 9.47 Å². The van der Waals surface area contributed by atoms with Gasteiger partial charge in [0.2, 0.25) is 0 Å². The number of hydrogen-bond acceptors (Lipinski definition) is 8. The predicted molar refractivity (Wildman–Crippen MR) is 135 cm³/mol. The van der Waals surface area contributed by atoms with Crippen molar-refractivity contribution in [2.45, 2.75) is 4.90 Å². The number of esters is 1. The van der Waals surface area contributed by atoms with E-state index < -0.39 is 5.97 Å².